The molecule has 1 saturated heterocycles. The summed E-state index contributed by atoms with van der Waals surface area (Å²) in [5.41, 5.74) is 2.26. The van der Waals surface area contributed by atoms with Crippen molar-refractivity contribution in [3.63, 3.8) is 0 Å². The van der Waals surface area contributed by atoms with Gasteiger partial charge >= 0.3 is 0 Å². The van der Waals surface area contributed by atoms with Gasteiger partial charge in [-0.2, -0.15) is 0 Å². The predicted molar refractivity (Wildman–Crippen MR) is 85.1 cm³/mol. The maximum atomic E-state index is 11.5. The number of halogens is 1. The lowest BCUT2D eigenvalue weighted by Gasteiger charge is -2.30. The van der Waals surface area contributed by atoms with Crippen molar-refractivity contribution < 1.29 is 8.95 Å². The highest BCUT2D eigenvalue weighted by molar-refractivity contribution is 7.85. The van der Waals surface area contributed by atoms with E-state index in [1.54, 1.807) is 7.11 Å². The summed E-state index contributed by atoms with van der Waals surface area (Å²) in [5, 5.41) is 4.11. The molecule has 0 spiro atoms. The van der Waals surface area contributed by atoms with Gasteiger partial charge in [-0.3, -0.25) is 4.21 Å². The quantitative estimate of drug-likeness (QED) is 0.810. The third-order valence-electron chi connectivity index (χ3n) is 3.40. The first-order valence-electron chi connectivity index (χ1n) is 6.79. The van der Waals surface area contributed by atoms with Crippen LogP contribution in [0.25, 0.3) is 0 Å². The molecule has 1 aromatic carbocycles. The fraction of sp³-hybridized carbons (Fsp3) is 0.571. The minimum Gasteiger partial charge on any atom is -0.383 e. The maximum Gasteiger partial charge on any atom is 0.0587 e. The fourth-order valence-electron chi connectivity index (χ4n) is 2.28. The Morgan fingerprint density at radius 3 is 2.85 bits per heavy atom. The Labute approximate surface area is 127 Å². The normalized spacial score (nSPS) is 16.6. The van der Waals surface area contributed by atoms with Gasteiger partial charge < -0.3 is 15.0 Å². The number of hydrogen-bond donors (Lipinski definition) is 1. The first-order valence-corrected chi connectivity index (χ1v) is 8.66. The Kier molecular flexibility index (Phi) is 6.29. The second-order valence-corrected chi connectivity index (χ2v) is 6.85. The molecule has 1 N–H and O–H groups in total. The second-order valence-electron chi connectivity index (χ2n) is 4.74. The summed E-state index contributed by atoms with van der Waals surface area (Å²) in [6.45, 7) is 3.86. The van der Waals surface area contributed by atoms with E-state index < -0.39 is 10.8 Å². The van der Waals surface area contributed by atoms with Crippen molar-refractivity contribution in [2.75, 3.05) is 49.8 Å². The number of ether oxygens (including phenoxy) is 1. The lowest BCUT2D eigenvalue weighted by Crippen LogP contribution is -2.38. The molecule has 0 radical (unpaired) electrons. The van der Waals surface area contributed by atoms with Gasteiger partial charge in [-0.15, -0.1) is 0 Å². The molecule has 0 saturated carbocycles. The Balaban J connectivity index is 2.07. The molecule has 2 rings (SSSR count). The monoisotopic (exact) mass is 316 g/mol. The van der Waals surface area contributed by atoms with Gasteiger partial charge in [-0.1, -0.05) is 17.7 Å². The zero-order valence-corrected chi connectivity index (χ0v) is 13.3. The van der Waals surface area contributed by atoms with Crippen molar-refractivity contribution in [3.8, 4) is 0 Å². The van der Waals surface area contributed by atoms with Crippen LogP contribution in [0.3, 0.4) is 0 Å². The van der Waals surface area contributed by atoms with E-state index in [-0.39, 0.29) is 0 Å². The third-order valence-corrected chi connectivity index (χ3v) is 5.03. The van der Waals surface area contributed by atoms with Gasteiger partial charge in [0.15, 0.2) is 0 Å². The van der Waals surface area contributed by atoms with E-state index in [2.05, 4.69) is 16.3 Å². The van der Waals surface area contributed by atoms with Gasteiger partial charge in [0.1, 0.15) is 0 Å². The van der Waals surface area contributed by atoms with Crippen LogP contribution in [0, 0.1) is 0 Å². The van der Waals surface area contributed by atoms with Gasteiger partial charge in [-0.25, -0.2) is 0 Å². The molecule has 0 amide bonds. The Morgan fingerprint density at radius 2 is 2.15 bits per heavy atom. The third kappa shape index (κ3) is 4.19. The van der Waals surface area contributed by atoms with Crippen molar-refractivity contribution in [2.24, 2.45) is 0 Å². The average Bonchev–Trinajstić information content (AvgIpc) is 2.46. The van der Waals surface area contributed by atoms with Crippen molar-refractivity contribution in [1.29, 1.82) is 0 Å². The minimum atomic E-state index is -0.661. The maximum absolute atomic E-state index is 11.5. The zero-order chi connectivity index (χ0) is 14.4. The van der Waals surface area contributed by atoms with Gasteiger partial charge in [0.2, 0.25) is 0 Å². The molecule has 6 heteroatoms. The van der Waals surface area contributed by atoms with Crippen molar-refractivity contribution in [2.45, 2.75) is 6.54 Å². The highest BCUT2D eigenvalue weighted by atomic mass is 35.5. The van der Waals surface area contributed by atoms with E-state index in [0.29, 0.717) is 6.61 Å². The first kappa shape index (κ1) is 15.8. The highest BCUT2D eigenvalue weighted by Crippen LogP contribution is 2.28. The molecule has 0 unspecified atom stereocenters. The van der Waals surface area contributed by atoms with Crippen LogP contribution in [0.2, 0.25) is 5.02 Å². The van der Waals surface area contributed by atoms with Gasteiger partial charge in [0, 0.05) is 71.9 Å². The summed E-state index contributed by atoms with van der Waals surface area (Å²) in [5.74, 6) is 1.48. The molecule has 0 aromatic heterocycles. The van der Waals surface area contributed by atoms with E-state index in [9.17, 15) is 4.21 Å². The molecule has 1 aliphatic rings. The van der Waals surface area contributed by atoms with E-state index in [0.717, 1.165) is 54.0 Å². The van der Waals surface area contributed by atoms with Crippen LogP contribution in [0.1, 0.15) is 5.56 Å². The van der Waals surface area contributed by atoms with Crippen LogP contribution in [0.4, 0.5) is 5.69 Å². The number of nitrogens with zero attached hydrogens (tertiary/aromatic N) is 1. The van der Waals surface area contributed by atoms with Gasteiger partial charge in [0.25, 0.3) is 0 Å². The molecule has 20 heavy (non-hydrogen) atoms. The van der Waals surface area contributed by atoms with Crippen LogP contribution in [-0.4, -0.2) is 49.1 Å². The molecule has 4 nitrogen and oxygen atoms in total. The largest absolute Gasteiger partial charge is 0.383 e. The number of anilines is 1. The van der Waals surface area contributed by atoms with Crippen LogP contribution in [0.5, 0.6) is 0 Å². The molecule has 1 fully saturated rings. The van der Waals surface area contributed by atoms with Crippen molar-refractivity contribution >= 4 is 28.1 Å². The summed E-state index contributed by atoms with van der Waals surface area (Å²) < 4.78 is 16.5. The van der Waals surface area contributed by atoms with E-state index in [1.807, 2.05) is 12.1 Å². The highest BCUT2D eigenvalue weighted by Gasteiger charge is 2.18. The summed E-state index contributed by atoms with van der Waals surface area (Å²) >= 11 is 6.33. The van der Waals surface area contributed by atoms with Gasteiger partial charge in [0.05, 0.1) is 6.61 Å². The SMILES string of the molecule is COCCNCc1c(Cl)cccc1N1CCS(=O)CC1. The standard InChI is InChI=1S/C14H21ClN2O2S/c1-19-8-5-16-11-12-13(15)3-2-4-14(12)17-6-9-20(18)10-7-17/h2-4,16H,5-11H2,1H3. The first-order chi connectivity index (χ1) is 9.72. The van der Waals surface area contributed by atoms with Crippen molar-refractivity contribution in [3.05, 3.63) is 28.8 Å². The molecule has 112 valence electrons. The van der Waals surface area contributed by atoms with Crippen molar-refractivity contribution in [1.82, 2.24) is 5.32 Å². The number of methoxy groups -OCH3 is 1. The number of hydrogen-bond acceptors (Lipinski definition) is 4. The van der Waals surface area contributed by atoms with Crippen LogP contribution >= 0.6 is 11.6 Å². The van der Waals surface area contributed by atoms with Gasteiger partial charge in [-0.05, 0) is 12.1 Å². The lowest BCUT2D eigenvalue weighted by atomic mass is 10.1. The van der Waals surface area contributed by atoms with E-state index in [1.165, 1.54) is 0 Å². The van der Waals surface area contributed by atoms with E-state index in [4.69, 9.17) is 16.3 Å². The summed E-state index contributed by atoms with van der Waals surface area (Å²) in [4.78, 5) is 2.28. The summed E-state index contributed by atoms with van der Waals surface area (Å²) in [6.07, 6.45) is 0. The smallest absolute Gasteiger partial charge is 0.0587 e. The lowest BCUT2D eigenvalue weighted by molar-refractivity contribution is 0.199. The number of nitrogens with one attached hydrogen (secondary N) is 1. The molecule has 1 aromatic rings. The molecule has 0 atom stereocenters. The average molecular weight is 317 g/mol. The van der Waals surface area contributed by atoms with E-state index >= 15 is 0 Å². The van der Waals surface area contributed by atoms with Crippen LogP contribution in [-0.2, 0) is 22.1 Å². The molecule has 1 heterocycles. The number of rotatable bonds is 6. The van der Waals surface area contributed by atoms with Crippen LogP contribution in [0.15, 0.2) is 18.2 Å². The molecule has 1 aliphatic heterocycles. The molecular weight excluding hydrogens is 296 g/mol. The predicted octanol–water partition coefficient (Wildman–Crippen LogP) is 1.64. The fourth-order valence-corrected chi connectivity index (χ4v) is 3.57. The molecular formula is C14H21ClN2O2S. The second kappa shape index (κ2) is 7.98. The summed E-state index contributed by atoms with van der Waals surface area (Å²) in [7, 11) is 1.03. The zero-order valence-electron chi connectivity index (χ0n) is 11.7. The Bertz CT molecular complexity index is 460. The Morgan fingerprint density at radius 1 is 1.40 bits per heavy atom. The molecule has 0 aliphatic carbocycles. The van der Waals surface area contributed by atoms with Crippen LogP contribution < -0.4 is 10.2 Å². The topological polar surface area (TPSA) is 41.6 Å². The minimum absolute atomic E-state index is 0.661. The molecule has 0 bridgehead atoms. The Hall–Kier alpha value is -0.620. The summed E-state index contributed by atoms with van der Waals surface area (Å²) in [6, 6.07) is 5.98. The number of benzene rings is 1.